The summed E-state index contributed by atoms with van der Waals surface area (Å²) in [5.74, 6) is 0.832. The predicted octanol–water partition coefficient (Wildman–Crippen LogP) is 5.64. The van der Waals surface area contributed by atoms with Crippen molar-refractivity contribution < 1.29 is 9.32 Å². The standard InChI is InChI=1S/C20H16Cl2N4O2S/c1-2-26(20-23-15-11-14(22)7-8-16(15)29-20)18(27)10-9-17-24-19(25-28-17)12-3-5-13(21)6-4-12/h3-8,11H,2,9-10H2,1H3. The van der Waals surface area contributed by atoms with Crippen LogP contribution in [0.5, 0.6) is 0 Å². The van der Waals surface area contributed by atoms with Crippen LogP contribution in [-0.4, -0.2) is 27.6 Å². The van der Waals surface area contributed by atoms with Gasteiger partial charge in [-0.1, -0.05) is 39.7 Å². The van der Waals surface area contributed by atoms with Crippen molar-refractivity contribution in [1.29, 1.82) is 0 Å². The zero-order valence-electron chi connectivity index (χ0n) is 15.4. The van der Waals surface area contributed by atoms with Crippen molar-refractivity contribution >= 4 is 55.8 Å². The molecule has 0 spiro atoms. The first kappa shape index (κ1) is 19.8. The van der Waals surface area contributed by atoms with Gasteiger partial charge in [-0.25, -0.2) is 4.98 Å². The van der Waals surface area contributed by atoms with Crippen molar-refractivity contribution in [3.8, 4) is 11.4 Å². The molecule has 9 heteroatoms. The third-order valence-electron chi connectivity index (χ3n) is 4.31. The zero-order chi connectivity index (χ0) is 20.4. The fraction of sp³-hybridized carbons (Fsp3) is 0.200. The Labute approximate surface area is 181 Å². The number of anilines is 1. The van der Waals surface area contributed by atoms with E-state index in [0.29, 0.717) is 39.9 Å². The molecule has 1 amide bonds. The highest BCUT2D eigenvalue weighted by atomic mass is 35.5. The van der Waals surface area contributed by atoms with Crippen molar-refractivity contribution in [2.24, 2.45) is 0 Å². The van der Waals surface area contributed by atoms with E-state index in [2.05, 4.69) is 15.1 Å². The molecule has 2 aromatic heterocycles. The van der Waals surface area contributed by atoms with E-state index in [1.165, 1.54) is 11.3 Å². The Morgan fingerprint density at radius 3 is 2.62 bits per heavy atom. The molecule has 2 aromatic carbocycles. The van der Waals surface area contributed by atoms with Crippen molar-refractivity contribution in [2.75, 3.05) is 11.4 Å². The van der Waals surface area contributed by atoms with Crippen LogP contribution in [0.15, 0.2) is 47.0 Å². The lowest BCUT2D eigenvalue weighted by Crippen LogP contribution is -2.30. The molecule has 2 heterocycles. The van der Waals surface area contributed by atoms with Crippen molar-refractivity contribution in [2.45, 2.75) is 19.8 Å². The Morgan fingerprint density at radius 2 is 1.86 bits per heavy atom. The van der Waals surface area contributed by atoms with Gasteiger partial charge in [-0.15, -0.1) is 0 Å². The van der Waals surface area contributed by atoms with E-state index in [0.717, 1.165) is 15.8 Å². The molecule has 0 aliphatic carbocycles. The van der Waals surface area contributed by atoms with Gasteiger partial charge >= 0.3 is 0 Å². The number of benzene rings is 2. The molecule has 0 N–H and O–H groups in total. The lowest BCUT2D eigenvalue weighted by molar-refractivity contribution is -0.118. The van der Waals surface area contributed by atoms with Gasteiger partial charge in [0.25, 0.3) is 0 Å². The Balaban J connectivity index is 1.44. The molecular formula is C20H16Cl2N4O2S. The van der Waals surface area contributed by atoms with Crippen molar-refractivity contribution in [3.63, 3.8) is 0 Å². The fourth-order valence-corrected chi connectivity index (χ4v) is 4.16. The molecule has 0 atom stereocenters. The van der Waals surface area contributed by atoms with E-state index in [1.807, 2.05) is 31.2 Å². The lowest BCUT2D eigenvalue weighted by atomic mass is 10.2. The van der Waals surface area contributed by atoms with Crippen molar-refractivity contribution in [1.82, 2.24) is 15.1 Å². The summed E-state index contributed by atoms with van der Waals surface area (Å²) in [6.45, 7) is 2.44. The van der Waals surface area contributed by atoms with E-state index < -0.39 is 0 Å². The van der Waals surface area contributed by atoms with Crippen LogP contribution >= 0.6 is 34.5 Å². The van der Waals surface area contributed by atoms with Gasteiger partial charge in [0.2, 0.25) is 17.6 Å². The number of halogens is 2. The summed E-state index contributed by atoms with van der Waals surface area (Å²) in [5.41, 5.74) is 1.59. The number of carbonyl (C=O) groups is 1. The number of carbonyl (C=O) groups excluding carboxylic acids is 1. The number of nitrogens with zero attached hydrogens (tertiary/aromatic N) is 4. The normalized spacial score (nSPS) is 11.1. The van der Waals surface area contributed by atoms with Gasteiger partial charge in [0.1, 0.15) is 0 Å². The van der Waals surface area contributed by atoms with Gasteiger partial charge in [-0.3, -0.25) is 9.69 Å². The summed E-state index contributed by atoms with van der Waals surface area (Å²) in [5, 5.41) is 5.89. The van der Waals surface area contributed by atoms with Crippen LogP contribution in [0.3, 0.4) is 0 Å². The summed E-state index contributed by atoms with van der Waals surface area (Å²) in [6, 6.07) is 12.7. The highest BCUT2D eigenvalue weighted by Crippen LogP contribution is 2.31. The Hall–Kier alpha value is -2.48. The Morgan fingerprint density at radius 1 is 1.10 bits per heavy atom. The monoisotopic (exact) mass is 446 g/mol. The number of aromatic nitrogens is 3. The minimum atomic E-state index is -0.0519. The van der Waals surface area contributed by atoms with Gasteiger partial charge in [-0.05, 0) is 49.4 Å². The van der Waals surface area contributed by atoms with E-state index in [-0.39, 0.29) is 12.3 Å². The zero-order valence-corrected chi connectivity index (χ0v) is 17.8. The molecule has 6 nitrogen and oxygen atoms in total. The minimum Gasteiger partial charge on any atom is -0.339 e. The third kappa shape index (κ3) is 4.42. The molecule has 0 aliphatic rings. The van der Waals surface area contributed by atoms with Gasteiger partial charge in [0.05, 0.1) is 10.2 Å². The maximum atomic E-state index is 12.8. The minimum absolute atomic E-state index is 0.0519. The summed E-state index contributed by atoms with van der Waals surface area (Å²) in [4.78, 5) is 23.3. The van der Waals surface area contributed by atoms with Crippen LogP contribution in [0.2, 0.25) is 10.0 Å². The van der Waals surface area contributed by atoms with Crippen LogP contribution in [0.1, 0.15) is 19.2 Å². The van der Waals surface area contributed by atoms with Crippen LogP contribution in [-0.2, 0) is 11.2 Å². The fourth-order valence-electron chi connectivity index (χ4n) is 2.84. The van der Waals surface area contributed by atoms with E-state index in [1.54, 1.807) is 23.1 Å². The number of rotatable bonds is 6. The molecule has 0 bridgehead atoms. The molecule has 0 aliphatic heterocycles. The van der Waals surface area contributed by atoms with Gasteiger partial charge < -0.3 is 4.52 Å². The molecule has 0 saturated carbocycles. The molecule has 0 radical (unpaired) electrons. The second kappa shape index (κ2) is 8.49. The Bertz CT molecular complexity index is 1160. The van der Waals surface area contributed by atoms with Gasteiger partial charge in [-0.2, -0.15) is 4.98 Å². The van der Waals surface area contributed by atoms with Crippen LogP contribution in [0.25, 0.3) is 21.6 Å². The molecular weight excluding hydrogens is 431 g/mol. The third-order valence-corrected chi connectivity index (χ3v) is 5.86. The highest BCUT2D eigenvalue weighted by Gasteiger charge is 2.19. The molecule has 4 rings (SSSR count). The maximum Gasteiger partial charge on any atom is 0.229 e. The van der Waals surface area contributed by atoms with Crippen LogP contribution < -0.4 is 4.90 Å². The Kier molecular flexibility index (Phi) is 5.80. The average Bonchev–Trinajstić information content (AvgIpc) is 3.34. The van der Waals surface area contributed by atoms with E-state index >= 15 is 0 Å². The highest BCUT2D eigenvalue weighted by molar-refractivity contribution is 7.22. The largest absolute Gasteiger partial charge is 0.339 e. The average molecular weight is 447 g/mol. The quantitative estimate of drug-likeness (QED) is 0.383. The summed E-state index contributed by atoms with van der Waals surface area (Å²) >= 11 is 13.4. The van der Waals surface area contributed by atoms with Crippen LogP contribution in [0.4, 0.5) is 5.13 Å². The first-order valence-electron chi connectivity index (χ1n) is 8.98. The smallest absolute Gasteiger partial charge is 0.229 e. The molecule has 4 aromatic rings. The lowest BCUT2D eigenvalue weighted by Gasteiger charge is -2.16. The van der Waals surface area contributed by atoms with E-state index in [9.17, 15) is 4.79 Å². The summed E-state index contributed by atoms with van der Waals surface area (Å²) < 4.78 is 6.27. The molecule has 29 heavy (non-hydrogen) atoms. The van der Waals surface area contributed by atoms with Gasteiger partial charge in [0.15, 0.2) is 5.13 Å². The predicted molar refractivity (Wildman–Crippen MR) is 116 cm³/mol. The van der Waals surface area contributed by atoms with Crippen LogP contribution in [0, 0.1) is 0 Å². The molecule has 0 unspecified atom stereocenters. The second-order valence-corrected chi connectivity index (χ2v) is 8.15. The number of fused-ring (bicyclic) bond motifs is 1. The number of aryl methyl sites for hydroxylation is 1. The molecule has 148 valence electrons. The first-order valence-corrected chi connectivity index (χ1v) is 10.6. The maximum absolute atomic E-state index is 12.8. The second-order valence-electron chi connectivity index (χ2n) is 6.27. The molecule has 0 saturated heterocycles. The van der Waals surface area contributed by atoms with E-state index in [4.69, 9.17) is 27.7 Å². The van der Waals surface area contributed by atoms with Gasteiger partial charge in [0, 0.05) is 35.0 Å². The number of thiazole rings is 1. The summed E-state index contributed by atoms with van der Waals surface area (Å²) in [6.07, 6.45) is 0.597. The summed E-state index contributed by atoms with van der Waals surface area (Å²) in [7, 11) is 0. The molecule has 0 fully saturated rings. The first-order chi connectivity index (χ1) is 14.0. The topological polar surface area (TPSA) is 72.1 Å². The number of hydrogen-bond acceptors (Lipinski definition) is 6. The number of amides is 1. The number of hydrogen-bond donors (Lipinski definition) is 0. The SMILES string of the molecule is CCN(C(=O)CCc1nc(-c2ccc(Cl)cc2)no1)c1nc2cc(Cl)ccc2s1. The van der Waals surface area contributed by atoms with Crippen molar-refractivity contribution in [3.05, 3.63) is 58.4 Å².